The van der Waals surface area contributed by atoms with E-state index < -0.39 is 0 Å². The highest BCUT2D eigenvalue weighted by Gasteiger charge is 2.38. The SMILES string of the molecule is CC1CN(Cc2ccc(N(C)C)cc2)CCC1(C)c1cccc(C(N)=O)c1. The van der Waals surface area contributed by atoms with Gasteiger partial charge in [-0.05, 0) is 59.7 Å². The van der Waals surface area contributed by atoms with Gasteiger partial charge < -0.3 is 10.6 Å². The first-order valence-electron chi connectivity index (χ1n) is 9.68. The van der Waals surface area contributed by atoms with E-state index in [1.807, 2.05) is 12.1 Å². The summed E-state index contributed by atoms with van der Waals surface area (Å²) in [5.41, 5.74) is 9.95. The van der Waals surface area contributed by atoms with Crippen LogP contribution in [-0.2, 0) is 12.0 Å². The van der Waals surface area contributed by atoms with Gasteiger partial charge >= 0.3 is 0 Å². The molecule has 0 spiro atoms. The molecule has 0 aromatic heterocycles. The van der Waals surface area contributed by atoms with Gasteiger partial charge in [0, 0.05) is 38.4 Å². The molecular weight excluding hydrogens is 334 g/mol. The third kappa shape index (κ3) is 4.16. The molecule has 27 heavy (non-hydrogen) atoms. The van der Waals surface area contributed by atoms with E-state index in [0.717, 1.165) is 26.1 Å². The van der Waals surface area contributed by atoms with E-state index in [2.05, 4.69) is 68.1 Å². The predicted octanol–water partition coefficient (Wildman–Crippen LogP) is 3.65. The summed E-state index contributed by atoms with van der Waals surface area (Å²) in [6.45, 7) is 7.72. The smallest absolute Gasteiger partial charge is 0.248 e. The van der Waals surface area contributed by atoms with Crippen molar-refractivity contribution in [3.63, 3.8) is 0 Å². The molecule has 1 heterocycles. The molecule has 1 aliphatic rings. The number of hydrogen-bond acceptors (Lipinski definition) is 3. The molecule has 2 atom stereocenters. The third-order valence-corrected chi connectivity index (χ3v) is 6.23. The van der Waals surface area contributed by atoms with E-state index in [9.17, 15) is 4.79 Å². The van der Waals surface area contributed by atoms with Crippen LogP contribution >= 0.6 is 0 Å². The van der Waals surface area contributed by atoms with Crippen LogP contribution in [0.5, 0.6) is 0 Å². The first-order valence-corrected chi connectivity index (χ1v) is 9.68. The topological polar surface area (TPSA) is 49.6 Å². The zero-order valence-electron chi connectivity index (χ0n) is 16.9. The Hall–Kier alpha value is -2.33. The van der Waals surface area contributed by atoms with Gasteiger partial charge in [0.05, 0.1) is 0 Å². The molecule has 0 bridgehead atoms. The van der Waals surface area contributed by atoms with Gasteiger partial charge in [0.15, 0.2) is 0 Å². The number of piperidine rings is 1. The van der Waals surface area contributed by atoms with Crippen molar-refractivity contribution in [3.05, 3.63) is 65.2 Å². The molecule has 0 radical (unpaired) electrons. The third-order valence-electron chi connectivity index (χ3n) is 6.23. The van der Waals surface area contributed by atoms with E-state index in [-0.39, 0.29) is 11.3 Å². The number of hydrogen-bond donors (Lipinski definition) is 1. The molecule has 3 rings (SSSR count). The number of carbonyl (C=O) groups is 1. The van der Waals surface area contributed by atoms with Crippen LogP contribution in [0.1, 0.15) is 41.8 Å². The summed E-state index contributed by atoms with van der Waals surface area (Å²) in [5, 5.41) is 0. The van der Waals surface area contributed by atoms with Crippen LogP contribution in [0.3, 0.4) is 0 Å². The van der Waals surface area contributed by atoms with Crippen molar-refractivity contribution in [3.8, 4) is 0 Å². The maximum Gasteiger partial charge on any atom is 0.248 e. The van der Waals surface area contributed by atoms with Crippen LogP contribution < -0.4 is 10.6 Å². The summed E-state index contributed by atoms with van der Waals surface area (Å²) < 4.78 is 0. The molecule has 4 nitrogen and oxygen atoms in total. The molecule has 1 aliphatic heterocycles. The lowest BCUT2D eigenvalue weighted by Crippen LogP contribution is -2.47. The Morgan fingerprint density at radius 1 is 1.22 bits per heavy atom. The number of likely N-dealkylation sites (tertiary alicyclic amines) is 1. The number of nitrogens with zero attached hydrogens (tertiary/aromatic N) is 2. The molecule has 1 amide bonds. The number of benzene rings is 2. The summed E-state index contributed by atoms with van der Waals surface area (Å²) in [6, 6.07) is 16.7. The fraction of sp³-hybridized carbons (Fsp3) is 0.435. The Balaban J connectivity index is 1.69. The summed E-state index contributed by atoms with van der Waals surface area (Å²) in [5.74, 6) is 0.141. The first-order chi connectivity index (χ1) is 12.8. The van der Waals surface area contributed by atoms with Crippen LogP contribution in [0.4, 0.5) is 5.69 Å². The summed E-state index contributed by atoms with van der Waals surface area (Å²) in [7, 11) is 4.13. The minimum Gasteiger partial charge on any atom is -0.378 e. The summed E-state index contributed by atoms with van der Waals surface area (Å²) in [6.07, 6.45) is 1.08. The van der Waals surface area contributed by atoms with Crippen molar-refractivity contribution in [1.82, 2.24) is 4.90 Å². The van der Waals surface area contributed by atoms with Crippen LogP contribution in [0.25, 0.3) is 0 Å². The second kappa shape index (κ2) is 7.73. The monoisotopic (exact) mass is 365 g/mol. The lowest BCUT2D eigenvalue weighted by atomic mass is 9.68. The second-order valence-corrected chi connectivity index (χ2v) is 8.31. The van der Waals surface area contributed by atoms with Crippen LogP contribution in [-0.4, -0.2) is 38.0 Å². The van der Waals surface area contributed by atoms with Gasteiger partial charge in [0.25, 0.3) is 0 Å². The molecular formula is C23H31N3O. The average Bonchev–Trinajstić information content (AvgIpc) is 2.65. The lowest BCUT2D eigenvalue weighted by Gasteiger charge is -2.45. The van der Waals surface area contributed by atoms with E-state index in [1.54, 1.807) is 6.07 Å². The molecule has 0 aliphatic carbocycles. The van der Waals surface area contributed by atoms with Gasteiger partial charge in [0.2, 0.25) is 5.91 Å². The highest BCUT2D eigenvalue weighted by Crippen LogP contribution is 2.40. The molecule has 4 heteroatoms. The normalized spacial score (nSPS) is 23.2. The number of anilines is 1. The Kier molecular flexibility index (Phi) is 5.56. The van der Waals surface area contributed by atoms with Crippen molar-refractivity contribution in [1.29, 1.82) is 0 Å². The van der Waals surface area contributed by atoms with E-state index in [1.165, 1.54) is 16.8 Å². The fourth-order valence-electron chi connectivity index (χ4n) is 4.07. The van der Waals surface area contributed by atoms with Gasteiger partial charge in [-0.1, -0.05) is 38.1 Å². The van der Waals surface area contributed by atoms with Gasteiger partial charge in [-0.15, -0.1) is 0 Å². The van der Waals surface area contributed by atoms with E-state index >= 15 is 0 Å². The van der Waals surface area contributed by atoms with Crippen molar-refractivity contribution in [2.75, 3.05) is 32.1 Å². The highest BCUT2D eigenvalue weighted by atomic mass is 16.1. The maximum absolute atomic E-state index is 11.6. The van der Waals surface area contributed by atoms with Gasteiger partial charge in [-0.2, -0.15) is 0 Å². The number of primary amides is 1. The number of carbonyl (C=O) groups excluding carboxylic acids is 1. The fourth-order valence-corrected chi connectivity index (χ4v) is 4.07. The van der Waals surface area contributed by atoms with Gasteiger partial charge in [0.1, 0.15) is 0 Å². The largest absolute Gasteiger partial charge is 0.378 e. The molecule has 2 aromatic carbocycles. The highest BCUT2D eigenvalue weighted by molar-refractivity contribution is 5.92. The quantitative estimate of drug-likeness (QED) is 0.880. The zero-order chi connectivity index (χ0) is 19.6. The predicted molar refractivity (Wildman–Crippen MR) is 112 cm³/mol. The van der Waals surface area contributed by atoms with Crippen molar-refractivity contribution in [2.24, 2.45) is 11.7 Å². The van der Waals surface area contributed by atoms with Crippen molar-refractivity contribution in [2.45, 2.75) is 32.2 Å². The van der Waals surface area contributed by atoms with E-state index in [4.69, 9.17) is 5.73 Å². The van der Waals surface area contributed by atoms with Crippen LogP contribution in [0.15, 0.2) is 48.5 Å². The molecule has 1 fully saturated rings. The van der Waals surface area contributed by atoms with Crippen molar-refractivity contribution >= 4 is 11.6 Å². The van der Waals surface area contributed by atoms with Gasteiger partial charge in [-0.25, -0.2) is 0 Å². The first kappa shape index (κ1) is 19.4. The Morgan fingerprint density at radius 3 is 2.52 bits per heavy atom. The Bertz CT molecular complexity index is 800. The van der Waals surface area contributed by atoms with Crippen LogP contribution in [0.2, 0.25) is 0 Å². The van der Waals surface area contributed by atoms with E-state index in [0.29, 0.717) is 11.5 Å². The maximum atomic E-state index is 11.6. The Morgan fingerprint density at radius 2 is 1.93 bits per heavy atom. The molecule has 2 aromatic rings. The zero-order valence-corrected chi connectivity index (χ0v) is 16.9. The minimum atomic E-state index is -0.355. The van der Waals surface area contributed by atoms with Crippen LogP contribution in [0, 0.1) is 5.92 Å². The Labute approximate surface area is 163 Å². The number of amides is 1. The number of nitrogens with two attached hydrogens (primary N) is 1. The molecule has 0 saturated carbocycles. The second-order valence-electron chi connectivity index (χ2n) is 8.31. The van der Waals surface area contributed by atoms with Crippen molar-refractivity contribution < 1.29 is 4.79 Å². The summed E-state index contributed by atoms with van der Waals surface area (Å²) in [4.78, 5) is 16.2. The molecule has 2 N–H and O–H groups in total. The standard InChI is InChI=1S/C23H31N3O/c1-17-15-26(16-18-8-10-21(11-9-18)25(3)4)13-12-23(17,2)20-7-5-6-19(14-20)22(24)27/h5-11,14,17H,12-13,15-16H2,1-4H3,(H2,24,27). The number of rotatable bonds is 5. The minimum absolute atomic E-state index is 0.0662. The molecule has 2 unspecified atom stereocenters. The summed E-state index contributed by atoms with van der Waals surface area (Å²) >= 11 is 0. The molecule has 1 saturated heterocycles. The average molecular weight is 366 g/mol. The lowest BCUT2D eigenvalue weighted by molar-refractivity contribution is 0.0996. The molecule has 144 valence electrons. The van der Waals surface area contributed by atoms with Gasteiger partial charge in [-0.3, -0.25) is 9.69 Å².